The van der Waals surface area contributed by atoms with Crippen molar-refractivity contribution in [2.24, 2.45) is 0 Å². The highest BCUT2D eigenvalue weighted by atomic mass is 19.1. The van der Waals surface area contributed by atoms with E-state index in [0.29, 0.717) is 0 Å². The number of hydrogen-bond acceptors (Lipinski definition) is 1. The predicted octanol–water partition coefficient (Wildman–Crippen LogP) is 3.74. The number of aromatic amines is 1. The van der Waals surface area contributed by atoms with Crippen molar-refractivity contribution in [1.82, 2.24) is 10.3 Å². The van der Waals surface area contributed by atoms with Gasteiger partial charge in [-0.15, -0.1) is 0 Å². The summed E-state index contributed by atoms with van der Waals surface area (Å²) in [4.78, 5) is 3.29. The van der Waals surface area contributed by atoms with E-state index in [0.717, 1.165) is 29.6 Å². The number of halogens is 1. The largest absolute Gasteiger partial charge is 0.361 e. The Bertz CT molecular complexity index is 731. The minimum absolute atomic E-state index is 0.202. The summed E-state index contributed by atoms with van der Waals surface area (Å²) in [6.07, 6.45) is 3.03. The van der Waals surface area contributed by atoms with Crippen molar-refractivity contribution in [3.8, 4) is 11.1 Å². The van der Waals surface area contributed by atoms with E-state index in [1.54, 1.807) is 12.1 Å². The minimum atomic E-state index is -0.202. The minimum Gasteiger partial charge on any atom is -0.361 e. The lowest BCUT2D eigenvalue weighted by Gasteiger charge is -2.04. The lowest BCUT2D eigenvalue weighted by Crippen LogP contribution is -2.09. The van der Waals surface area contributed by atoms with Crippen LogP contribution in [0, 0.1) is 5.82 Å². The molecule has 2 aromatic carbocycles. The van der Waals surface area contributed by atoms with Crippen molar-refractivity contribution in [3.63, 3.8) is 0 Å². The van der Waals surface area contributed by atoms with Crippen LogP contribution in [0.15, 0.2) is 48.7 Å². The van der Waals surface area contributed by atoms with Crippen LogP contribution in [-0.4, -0.2) is 18.6 Å². The molecule has 0 amide bonds. The Hall–Kier alpha value is -2.13. The van der Waals surface area contributed by atoms with Crippen molar-refractivity contribution in [2.45, 2.75) is 6.42 Å². The Morgan fingerprint density at radius 2 is 1.95 bits per heavy atom. The zero-order chi connectivity index (χ0) is 13.9. The number of nitrogens with one attached hydrogen (secondary N) is 2. The molecule has 2 N–H and O–H groups in total. The molecule has 102 valence electrons. The second-order valence-electron chi connectivity index (χ2n) is 4.94. The highest BCUT2D eigenvalue weighted by Crippen LogP contribution is 2.27. The molecular formula is C17H17FN2. The summed E-state index contributed by atoms with van der Waals surface area (Å²) in [6.45, 7) is 0.942. The molecule has 20 heavy (non-hydrogen) atoms. The highest BCUT2D eigenvalue weighted by molar-refractivity contribution is 5.88. The van der Waals surface area contributed by atoms with Gasteiger partial charge in [-0.3, -0.25) is 0 Å². The smallest absolute Gasteiger partial charge is 0.123 e. The maximum atomic E-state index is 13.3. The molecular weight excluding hydrogens is 251 g/mol. The molecule has 0 atom stereocenters. The van der Waals surface area contributed by atoms with E-state index < -0.39 is 0 Å². The standard InChI is InChI=1S/C17H17FN2/c1-19-8-7-14-11-20-17-6-5-13(10-16(14)17)12-3-2-4-15(18)9-12/h2-6,9-11,19-20H,7-8H2,1H3. The van der Waals surface area contributed by atoms with Gasteiger partial charge in [0, 0.05) is 17.1 Å². The normalized spacial score (nSPS) is 11.1. The van der Waals surface area contributed by atoms with Gasteiger partial charge in [0.15, 0.2) is 0 Å². The summed E-state index contributed by atoms with van der Waals surface area (Å²) in [5, 5.41) is 4.37. The molecule has 0 fully saturated rings. The van der Waals surface area contributed by atoms with E-state index in [4.69, 9.17) is 0 Å². The van der Waals surface area contributed by atoms with Gasteiger partial charge in [0.25, 0.3) is 0 Å². The van der Waals surface area contributed by atoms with Crippen LogP contribution in [0.4, 0.5) is 4.39 Å². The number of likely N-dealkylation sites (N-methyl/N-ethyl adjacent to an activating group) is 1. The van der Waals surface area contributed by atoms with Gasteiger partial charge >= 0.3 is 0 Å². The number of H-pyrrole nitrogens is 1. The van der Waals surface area contributed by atoms with Crippen molar-refractivity contribution in [2.75, 3.05) is 13.6 Å². The van der Waals surface area contributed by atoms with Gasteiger partial charge in [0.2, 0.25) is 0 Å². The maximum absolute atomic E-state index is 13.3. The third-order valence-corrected chi connectivity index (χ3v) is 3.57. The molecule has 2 nitrogen and oxygen atoms in total. The first kappa shape index (κ1) is 12.9. The number of aromatic nitrogens is 1. The predicted molar refractivity (Wildman–Crippen MR) is 81.3 cm³/mol. The van der Waals surface area contributed by atoms with Crippen LogP contribution < -0.4 is 5.32 Å². The van der Waals surface area contributed by atoms with Crippen molar-refractivity contribution >= 4 is 10.9 Å². The quantitative estimate of drug-likeness (QED) is 0.741. The van der Waals surface area contributed by atoms with E-state index in [1.165, 1.54) is 17.0 Å². The zero-order valence-electron chi connectivity index (χ0n) is 11.4. The van der Waals surface area contributed by atoms with Crippen molar-refractivity contribution < 1.29 is 4.39 Å². The lowest BCUT2D eigenvalue weighted by atomic mass is 10.0. The summed E-state index contributed by atoms with van der Waals surface area (Å²) in [5.41, 5.74) is 4.36. The van der Waals surface area contributed by atoms with E-state index >= 15 is 0 Å². The van der Waals surface area contributed by atoms with E-state index in [9.17, 15) is 4.39 Å². The molecule has 0 aliphatic carbocycles. The third-order valence-electron chi connectivity index (χ3n) is 3.57. The first-order chi connectivity index (χ1) is 9.78. The Morgan fingerprint density at radius 1 is 1.10 bits per heavy atom. The van der Waals surface area contributed by atoms with Gasteiger partial charge in [-0.05, 0) is 61.0 Å². The van der Waals surface area contributed by atoms with Crippen LogP contribution in [-0.2, 0) is 6.42 Å². The van der Waals surface area contributed by atoms with Crippen LogP contribution in [0.3, 0.4) is 0 Å². The summed E-state index contributed by atoms with van der Waals surface area (Å²) >= 11 is 0. The molecule has 0 spiro atoms. The van der Waals surface area contributed by atoms with Gasteiger partial charge in [0.05, 0.1) is 0 Å². The summed E-state index contributed by atoms with van der Waals surface area (Å²) in [6, 6.07) is 12.9. The Balaban J connectivity index is 2.04. The molecule has 0 unspecified atom stereocenters. The lowest BCUT2D eigenvalue weighted by molar-refractivity contribution is 0.628. The van der Waals surface area contributed by atoms with E-state index in [2.05, 4.69) is 28.6 Å². The van der Waals surface area contributed by atoms with Gasteiger partial charge in [-0.25, -0.2) is 4.39 Å². The molecule has 3 rings (SSSR count). The number of fused-ring (bicyclic) bond motifs is 1. The average molecular weight is 268 g/mol. The SMILES string of the molecule is CNCCc1c[nH]c2ccc(-c3cccc(F)c3)cc12. The fraction of sp³-hybridized carbons (Fsp3) is 0.176. The van der Waals surface area contributed by atoms with Crippen LogP contribution in [0.25, 0.3) is 22.0 Å². The molecule has 3 heteroatoms. The summed E-state index contributed by atoms with van der Waals surface area (Å²) in [7, 11) is 1.95. The molecule has 0 saturated carbocycles. The highest BCUT2D eigenvalue weighted by Gasteiger charge is 2.06. The molecule has 0 radical (unpaired) electrons. The molecule has 0 saturated heterocycles. The Morgan fingerprint density at radius 3 is 2.75 bits per heavy atom. The second kappa shape index (κ2) is 5.47. The van der Waals surface area contributed by atoms with Crippen LogP contribution in [0.1, 0.15) is 5.56 Å². The Kier molecular flexibility index (Phi) is 3.52. The van der Waals surface area contributed by atoms with Crippen molar-refractivity contribution in [1.29, 1.82) is 0 Å². The first-order valence-electron chi connectivity index (χ1n) is 6.78. The second-order valence-corrected chi connectivity index (χ2v) is 4.94. The fourth-order valence-corrected chi connectivity index (χ4v) is 2.49. The topological polar surface area (TPSA) is 27.8 Å². The van der Waals surface area contributed by atoms with Gasteiger partial charge in [-0.1, -0.05) is 18.2 Å². The Labute approximate surface area is 117 Å². The molecule has 0 bridgehead atoms. The fourth-order valence-electron chi connectivity index (χ4n) is 2.49. The maximum Gasteiger partial charge on any atom is 0.123 e. The monoisotopic (exact) mass is 268 g/mol. The zero-order valence-corrected chi connectivity index (χ0v) is 11.4. The summed E-state index contributed by atoms with van der Waals surface area (Å²) in [5.74, 6) is -0.202. The van der Waals surface area contributed by atoms with Crippen LogP contribution in [0.2, 0.25) is 0 Å². The molecule has 0 aliphatic heterocycles. The average Bonchev–Trinajstić information content (AvgIpc) is 2.87. The van der Waals surface area contributed by atoms with Crippen LogP contribution >= 0.6 is 0 Å². The van der Waals surface area contributed by atoms with Crippen molar-refractivity contribution in [3.05, 3.63) is 60.0 Å². The molecule has 1 heterocycles. The van der Waals surface area contributed by atoms with E-state index in [-0.39, 0.29) is 5.82 Å². The number of hydrogen-bond donors (Lipinski definition) is 2. The first-order valence-corrected chi connectivity index (χ1v) is 6.78. The molecule has 0 aliphatic rings. The number of benzene rings is 2. The van der Waals surface area contributed by atoms with Gasteiger partial charge < -0.3 is 10.3 Å². The van der Waals surface area contributed by atoms with Gasteiger partial charge in [0.1, 0.15) is 5.82 Å². The van der Waals surface area contributed by atoms with E-state index in [1.807, 2.05) is 19.2 Å². The summed E-state index contributed by atoms with van der Waals surface area (Å²) < 4.78 is 13.3. The number of rotatable bonds is 4. The molecule has 1 aromatic heterocycles. The molecule has 3 aromatic rings. The van der Waals surface area contributed by atoms with Gasteiger partial charge in [-0.2, -0.15) is 0 Å². The third kappa shape index (κ3) is 2.45. The van der Waals surface area contributed by atoms with Crippen LogP contribution in [0.5, 0.6) is 0 Å².